The van der Waals surface area contributed by atoms with Crippen LogP contribution in [0.25, 0.3) is 0 Å². The Bertz CT molecular complexity index is 841. The fourth-order valence-corrected chi connectivity index (χ4v) is 3.75. The zero-order chi connectivity index (χ0) is 18.0. The number of aryl methyl sites for hydroxylation is 3. The monoisotopic (exact) mass is 339 g/mol. The number of hydrogen-bond acceptors (Lipinski definition) is 3. The summed E-state index contributed by atoms with van der Waals surface area (Å²) in [5.74, 6) is 0.109. The number of hydrogen-bond donors (Lipinski definition) is 0. The van der Waals surface area contributed by atoms with Crippen LogP contribution in [0.4, 0.5) is 0 Å². The lowest BCUT2D eigenvalue weighted by atomic mass is 9.99. The second kappa shape index (κ2) is 7.21. The van der Waals surface area contributed by atoms with E-state index in [-0.39, 0.29) is 17.6 Å². The fourth-order valence-electron chi connectivity index (χ4n) is 3.75. The number of likely N-dealkylation sites (tertiary alicyclic amines) is 1. The summed E-state index contributed by atoms with van der Waals surface area (Å²) in [4.78, 5) is 30.8. The van der Waals surface area contributed by atoms with Crippen molar-refractivity contribution in [2.45, 2.75) is 52.6 Å². The van der Waals surface area contributed by atoms with Crippen molar-refractivity contribution >= 4 is 5.91 Å². The van der Waals surface area contributed by atoms with Crippen LogP contribution in [0, 0.1) is 20.8 Å². The van der Waals surface area contributed by atoms with E-state index >= 15 is 0 Å². The highest BCUT2D eigenvalue weighted by molar-refractivity contribution is 5.77. The van der Waals surface area contributed by atoms with Crippen molar-refractivity contribution in [2.75, 3.05) is 6.54 Å². The predicted octanol–water partition coefficient (Wildman–Crippen LogP) is 2.92. The first kappa shape index (κ1) is 17.4. The molecule has 0 saturated carbocycles. The molecule has 1 aliphatic rings. The Morgan fingerprint density at radius 2 is 2.00 bits per heavy atom. The van der Waals surface area contributed by atoms with Crippen LogP contribution in [0.2, 0.25) is 0 Å². The Morgan fingerprint density at radius 1 is 1.24 bits per heavy atom. The van der Waals surface area contributed by atoms with Gasteiger partial charge < -0.3 is 4.90 Å². The molecule has 1 aliphatic heterocycles. The average Bonchev–Trinajstić information content (AvgIpc) is 3.03. The molecule has 3 rings (SSSR count). The molecule has 1 amide bonds. The van der Waals surface area contributed by atoms with Crippen molar-refractivity contribution in [1.29, 1.82) is 0 Å². The summed E-state index contributed by atoms with van der Waals surface area (Å²) in [6, 6.07) is 10.3. The van der Waals surface area contributed by atoms with E-state index in [0.717, 1.165) is 25.1 Å². The Labute approximate surface area is 148 Å². The van der Waals surface area contributed by atoms with Crippen molar-refractivity contribution in [1.82, 2.24) is 14.5 Å². The smallest absolute Gasteiger partial charge is 0.336 e. The quantitative estimate of drug-likeness (QED) is 0.860. The standard InChI is InChI=1S/C20H25N3O2/c1-14-7-4-5-8-17(14)18-9-6-11-23(18)19(24)10-12-22-16(3)13-15(2)21-20(22)25/h4-5,7-8,13,18H,6,9-12H2,1-3H3/t18-/m1/s1. The molecule has 1 aromatic heterocycles. The Kier molecular flexibility index (Phi) is 5.02. The molecule has 0 N–H and O–H groups in total. The van der Waals surface area contributed by atoms with Crippen molar-refractivity contribution in [2.24, 2.45) is 0 Å². The summed E-state index contributed by atoms with van der Waals surface area (Å²) in [5.41, 5.74) is 3.74. The van der Waals surface area contributed by atoms with Gasteiger partial charge in [0, 0.05) is 30.9 Å². The van der Waals surface area contributed by atoms with E-state index in [9.17, 15) is 9.59 Å². The van der Waals surface area contributed by atoms with E-state index in [1.807, 2.05) is 30.0 Å². The molecule has 0 bridgehead atoms. The highest BCUT2D eigenvalue weighted by Crippen LogP contribution is 2.34. The largest absolute Gasteiger partial charge is 0.347 e. The molecule has 0 unspecified atom stereocenters. The molecule has 1 atom stereocenters. The van der Waals surface area contributed by atoms with Crippen molar-refractivity contribution in [3.05, 3.63) is 63.3 Å². The normalized spacial score (nSPS) is 17.1. The maximum Gasteiger partial charge on any atom is 0.347 e. The molecule has 2 heterocycles. The third kappa shape index (κ3) is 3.65. The van der Waals surface area contributed by atoms with Crippen molar-refractivity contribution < 1.29 is 4.79 Å². The Morgan fingerprint density at radius 3 is 2.72 bits per heavy atom. The minimum absolute atomic E-state index is 0.109. The highest BCUT2D eigenvalue weighted by atomic mass is 16.2. The topological polar surface area (TPSA) is 55.2 Å². The van der Waals surface area contributed by atoms with Crippen LogP contribution in [0.15, 0.2) is 35.1 Å². The van der Waals surface area contributed by atoms with Gasteiger partial charge in [0.1, 0.15) is 0 Å². The third-order valence-electron chi connectivity index (χ3n) is 5.02. The molecule has 132 valence electrons. The first-order chi connectivity index (χ1) is 12.0. The average molecular weight is 339 g/mol. The first-order valence-electron chi connectivity index (χ1n) is 8.87. The van der Waals surface area contributed by atoms with Crippen LogP contribution in [0.1, 0.15) is 47.8 Å². The van der Waals surface area contributed by atoms with Crippen LogP contribution >= 0.6 is 0 Å². The van der Waals surface area contributed by atoms with E-state index < -0.39 is 0 Å². The number of nitrogens with zero attached hydrogens (tertiary/aromatic N) is 3. The van der Waals surface area contributed by atoms with Gasteiger partial charge in [0.25, 0.3) is 0 Å². The SMILES string of the molecule is Cc1cc(C)n(CCC(=O)N2CCC[C@@H]2c2ccccc2C)c(=O)n1. The zero-order valence-electron chi connectivity index (χ0n) is 15.2. The Balaban J connectivity index is 1.73. The van der Waals surface area contributed by atoms with Crippen LogP contribution < -0.4 is 5.69 Å². The number of aromatic nitrogens is 2. The number of rotatable bonds is 4. The summed E-state index contributed by atoms with van der Waals surface area (Å²) in [5, 5.41) is 0. The van der Waals surface area contributed by atoms with Gasteiger partial charge >= 0.3 is 5.69 Å². The minimum Gasteiger partial charge on any atom is -0.336 e. The van der Waals surface area contributed by atoms with Gasteiger partial charge in [-0.1, -0.05) is 24.3 Å². The van der Waals surface area contributed by atoms with E-state index in [1.54, 1.807) is 11.5 Å². The predicted molar refractivity (Wildman–Crippen MR) is 97.5 cm³/mol. The van der Waals surface area contributed by atoms with Gasteiger partial charge in [-0.15, -0.1) is 0 Å². The second-order valence-corrected chi connectivity index (χ2v) is 6.82. The van der Waals surface area contributed by atoms with Crippen LogP contribution in [0.3, 0.4) is 0 Å². The first-order valence-corrected chi connectivity index (χ1v) is 8.87. The van der Waals surface area contributed by atoms with E-state index in [4.69, 9.17) is 0 Å². The molecule has 1 aromatic carbocycles. The van der Waals surface area contributed by atoms with Crippen molar-refractivity contribution in [3.8, 4) is 0 Å². The molecule has 25 heavy (non-hydrogen) atoms. The van der Waals surface area contributed by atoms with Gasteiger partial charge in [-0.05, 0) is 50.8 Å². The zero-order valence-corrected chi connectivity index (χ0v) is 15.2. The Hall–Kier alpha value is -2.43. The number of carbonyl (C=O) groups excluding carboxylic acids is 1. The number of benzene rings is 1. The third-order valence-corrected chi connectivity index (χ3v) is 5.02. The maximum atomic E-state index is 12.8. The van der Waals surface area contributed by atoms with E-state index in [2.05, 4.69) is 24.0 Å². The molecule has 5 nitrogen and oxygen atoms in total. The van der Waals surface area contributed by atoms with Gasteiger partial charge in [0.2, 0.25) is 5.91 Å². The lowest BCUT2D eigenvalue weighted by Crippen LogP contribution is -2.33. The minimum atomic E-state index is -0.276. The summed E-state index contributed by atoms with van der Waals surface area (Å²) < 4.78 is 1.59. The van der Waals surface area contributed by atoms with Gasteiger partial charge in [0.15, 0.2) is 0 Å². The number of carbonyl (C=O) groups is 1. The molecule has 0 aliphatic carbocycles. The molecular weight excluding hydrogens is 314 g/mol. The van der Waals surface area contributed by atoms with Crippen LogP contribution in [0.5, 0.6) is 0 Å². The fraction of sp³-hybridized carbons (Fsp3) is 0.450. The molecule has 5 heteroatoms. The van der Waals surface area contributed by atoms with Gasteiger partial charge in [-0.2, -0.15) is 4.98 Å². The van der Waals surface area contributed by atoms with E-state index in [0.29, 0.717) is 18.7 Å². The lowest BCUT2D eigenvalue weighted by Gasteiger charge is -2.26. The summed E-state index contributed by atoms with van der Waals surface area (Å²) in [6.45, 7) is 6.95. The number of amides is 1. The molecule has 0 spiro atoms. The summed E-state index contributed by atoms with van der Waals surface area (Å²) in [6.07, 6.45) is 2.35. The van der Waals surface area contributed by atoms with Crippen molar-refractivity contribution in [3.63, 3.8) is 0 Å². The molecule has 2 aromatic rings. The van der Waals surface area contributed by atoms with Gasteiger partial charge in [-0.3, -0.25) is 9.36 Å². The molecule has 1 saturated heterocycles. The van der Waals surface area contributed by atoms with Gasteiger partial charge in [0.05, 0.1) is 6.04 Å². The van der Waals surface area contributed by atoms with Crippen LogP contribution in [-0.2, 0) is 11.3 Å². The van der Waals surface area contributed by atoms with Crippen LogP contribution in [-0.4, -0.2) is 26.9 Å². The maximum absolute atomic E-state index is 12.8. The highest BCUT2D eigenvalue weighted by Gasteiger charge is 2.30. The lowest BCUT2D eigenvalue weighted by molar-refractivity contribution is -0.132. The summed E-state index contributed by atoms with van der Waals surface area (Å²) >= 11 is 0. The molecule has 1 fully saturated rings. The molecule has 0 radical (unpaired) electrons. The summed E-state index contributed by atoms with van der Waals surface area (Å²) in [7, 11) is 0. The van der Waals surface area contributed by atoms with Gasteiger partial charge in [-0.25, -0.2) is 4.79 Å². The second-order valence-electron chi connectivity index (χ2n) is 6.82. The molecular formula is C20H25N3O2. The van der Waals surface area contributed by atoms with E-state index in [1.165, 1.54) is 11.1 Å².